The second kappa shape index (κ2) is 16.2. The molecule has 2 aliphatic heterocycles. The maximum absolute atomic E-state index is 4.74. The minimum absolute atomic E-state index is 0.737. The molecule has 2 aromatic heterocycles. The molecule has 0 unspecified atom stereocenters. The van der Waals surface area contributed by atoms with Crippen molar-refractivity contribution in [2.24, 2.45) is 0 Å². The van der Waals surface area contributed by atoms with Crippen molar-refractivity contribution >= 4 is 68.2 Å². The SMILES string of the molecule is c1ccc(N2c3ccccc3N(c3ccccc3-n3cc(-c4cccc(-c5cn(-c6ccccc6N6c7ccccc7N(c7ccccc7)c7ccccc76)nn5)c4)nn3)c3ccccc32)cc1. The maximum Gasteiger partial charge on any atom is 0.113 e. The molecule has 0 aliphatic carbocycles. The highest BCUT2D eigenvalue weighted by Gasteiger charge is 2.33. The quantitative estimate of drug-likeness (QED) is 0.149. The van der Waals surface area contributed by atoms with E-state index >= 15 is 0 Å². The zero-order valence-electron chi connectivity index (χ0n) is 36.6. The first kappa shape index (κ1) is 38.9. The zero-order valence-corrected chi connectivity index (χ0v) is 36.6. The highest BCUT2D eigenvalue weighted by atomic mass is 15.4. The van der Waals surface area contributed by atoms with Crippen LogP contribution in [0.25, 0.3) is 33.9 Å². The summed E-state index contributed by atoms with van der Waals surface area (Å²) in [5.41, 5.74) is 17.8. The van der Waals surface area contributed by atoms with Crippen molar-refractivity contribution in [1.29, 1.82) is 0 Å². The fourth-order valence-corrected chi connectivity index (χ4v) is 9.68. The lowest BCUT2D eigenvalue weighted by molar-refractivity contribution is 0.803. The van der Waals surface area contributed by atoms with Gasteiger partial charge in [-0.15, -0.1) is 10.2 Å². The van der Waals surface area contributed by atoms with Crippen LogP contribution >= 0.6 is 0 Å². The van der Waals surface area contributed by atoms with Crippen LogP contribution in [0, 0.1) is 0 Å². The van der Waals surface area contributed by atoms with Gasteiger partial charge < -0.3 is 19.6 Å². The number of benzene rings is 9. The third kappa shape index (κ3) is 6.42. The molecule has 0 bridgehead atoms. The van der Waals surface area contributed by atoms with Crippen molar-refractivity contribution in [3.63, 3.8) is 0 Å². The average Bonchev–Trinajstić information content (AvgIpc) is 4.12. The molecule has 0 N–H and O–H groups in total. The highest BCUT2D eigenvalue weighted by molar-refractivity contribution is 6.04. The fraction of sp³-hybridized carbons (Fsp3) is 0. The number of anilines is 12. The Labute approximate surface area is 393 Å². The summed E-state index contributed by atoms with van der Waals surface area (Å²) in [5, 5.41) is 18.9. The lowest BCUT2D eigenvalue weighted by Gasteiger charge is -2.40. The van der Waals surface area contributed by atoms with Gasteiger partial charge in [0.25, 0.3) is 0 Å². The first-order chi connectivity index (χ1) is 33.8. The molecule has 0 fully saturated rings. The summed E-state index contributed by atoms with van der Waals surface area (Å²) in [6.45, 7) is 0. The van der Waals surface area contributed by atoms with Gasteiger partial charge in [-0.25, -0.2) is 9.36 Å². The van der Waals surface area contributed by atoms with Crippen LogP contribution in [-0.2, 0) is 0 Å². The van der Waals surface area contributed by atoms with E-state index in [0.29, 0.717) is 0 Å². The molecule has 0 atom stereocenters. The van der Waals surface area contributed by atoms with Gasteiger partial charge >= 0.3 is 0 Å². The zero-order chi connectivity index (χ0) is 45.0. The Morgan fingerprint density at radius 2 is 0.500 bits per heavy atom. The number of hydrogen-bond donors (Lipinski definition) is 0. The number of hydrogen-bond acceptors (Lipinski definition) is 8. The molecule has 10 heteroatoms. The van der Waals surface area contributed by atoms with Crippen molar-refractivity contribution in [3.05, 3.63) is 243 Å². The molecule has 9 aromatic carbocycles. The molecule has 2 aliphatic rings. The van der Waals surface area contributed by atoms with Gasteiger partial charge in [-0.05, 0) is 103 Å². The molecular formula is C58H40N10. The number of rotatable bonds is 8. The third-order valence-corrected chi connectivity index (χ3v) is 12.7. The standard InChI is InChI=1S/C58H40N10/c1-3-22-43(23-4-1)65-51-30-11-15-34-55(51)67(56-35-16-12-31-52(56)65)49-28-9-7-26-47(49)63-39-45(59-61-63)41-20-19-21-42(38-41)46-40-64(62-60-46)48-27-8-10-29-50(48)68-57-36-17-13-32-53(57)66(44-24-5-2-6-25-44)54-33-14-18-37-58(54)68/h1-40H. The summed E-state index contributed by atoms with van der Waals surface area (Å²) in [6, 6.07) is 80.2. The fourth-order valence-electron chi connectivity index (χ4n) is 9.68. The molecule has 0 radical (unpaired) electrons. The topological polar surface area (TPSA) is 74.4 Å². The summed E-state index contributed by atoms with van der Waals surface area (Å²) in [7, 11) is 0. The number of para-hydroxylation sites is 14. The Kier molecular flexibility index (Phi) is 9.24. The van der Waals surface area contributed by atoms with E-state index in [9.17, 15) is 0 Å². The molecule has 322 valence electrons. The van der Waals surface area contributed by atoms with E-state index in [1.165, 1.54) is 0 Å². The van der Waals surface area contributed by atoms with Crippen molar-refractivity contribution in [3.8, 4) is 33.9 Å². The van der Waals surface area contributed by atoms with Crippen LogP contribution in [0.5, 0.6) is 0 Å². The van der Waals surface area contributed by atoms with Gasteiger partial charge in [0.1, 0.15) is 11.4 Å². The number of aromatic nitrogens is 6. The summed E-state index contributed by atoms with van der Waals surface area (Å²) < 4.78 is 3.74. The van der Waals surface area contributed by atoms with Crippen LogP contribution in [0.4, 0.5) is 68.2 Å². The van der Waals surface area contributed by atoms with Crippen LogP contribution in [0.3, 0.4) is 0 Å². The predicted octanol–water partition coefficient (Wildman–Crippen LogP) is 14.7. The predicted molar refractivity (Wildman–Crippen MR) is 273 cm³/mol. The molecular weight excluding hydrogens is 837 g/mol. The van der Waals surface area contributed by atoms with Gasteiger partial charge in [-0.3, -0.25) is 0 Å². The van der Waals surface area contributed by atoms with E-state index < -0.39 is 0 Å². The van der Waals surface area contributed by atoms with Crippen molar-refractivity contribution in [1.82, 2.24) is 30.0 Å². The molecule has 0 saturated heterocycles. The molecule has 0 spiro atoms. The van der Waals surface area contributed by atoms with E-state index in [-0.39, 0.29) is 0 Å². The maximum atomic E-state index is 4.74. The van der Waals surface area contributed by atoms with Gasteiger partial charge in [-0.2, -0.15) is 0 Å². The van der Waals surface area contributed by atoms with Gasteiger partial charge in [0.05, 0.1) is 80.6 Å². The van der Waals surface area contributed by atoms with Crippen LogP contribution in [-0.4, -0.2) is 30.0 Å². The van der Waals surface area contributed by atoms with Gasteiger partial charge in [0.15, 0.2) is 0 Å². The summed E-state index contributed by atoms with van der Waals surface area (Å²) in [5.74, 6) is 0. The van der Waals surface area contributed by atoms with E-state index in [2.05, 4.69) is 232 Å². The Bertz CT molecular complexity index is 3310. The van der Waals surface area contributed by atoms with E-state index in [4.69, 9.17) is 20.6 Å². The average molecular weight is 877 g/mol. The molecule has 68 heavy (non-hydrogen) atoms. The minimum atomic E-state index is 0.737. The highest BCUT2D eigenvalue weighted by Crippen LogP contribution is 2.56. The first-order valence-corrected chi connectivity index (χ1v) is 22.6. The minimum Gasteiger partial charge on any atom is -0.306 e. The van der Waals surface area contributed by atoms with Crippen molar-refractivity contribution in [2.75, 3.05) is 19.6 Å². The monoisotopic (exact) mass is 876 g/mol. The molecule has 13 rings (SSSR count). The third-order valence-electron chi connectivity index (χ3n) is 12.7. The van der Waals surface area contributed by atoms with Crippen LogP contribution in [0.1, 0.15) is 0 Å². The molecule has 0 amide bonds. The normalized spacial score (nSPS) is 12.6. The van der Waals surface area contributed by atoms with E-state index in [0.717, 1.165) is 102 Å². The van der Waals surface area contributed by atoms with Gasteiger partial charge in [-0.1, -0.05) is 138 Å². The molecule has 11 aromatic rings. The Hall–Kier alpha value is -9.54. The van der Waals surface area contributed by atoms with Crippen molar-refractivity contribution < 1.29 is 0 Å². The van der Waals surface area contributed by atoms with E-state index in [1.807, 2.05) is 40.0 Å². The van der Waals surface area contributed by atoms with Gasteiger partial charge in [0, 0.05) is 22.5 Å². The first-order valence-electron chi connectivity index (χ1n) is 22.6. The van der Waals surface area contributed by atoms with E-state index in [1.54, 1.807) is 0 Å². The Morgan fingerprint density at radius 1 is 0.235 bits per heavy atom. The van der Waals surface area contributed by atoms with Gasteiger partial charge in [0.2, 0.25) is 0 Å². The summed E-state index contributed by atoms with van der Waals surface area (Å²) in [6.07, 6.45) is 3.99. The number of fused-ring (bicyclic) bond motifs is 4. The number of nitrogens with zero attached hydrogens (tertiary/aromatic N) is 10. The Morgan fingerprint density at radius 3 is 0.824 bits per heavy atom. The lowest BCUT2D eigenvalue weighted by atomic mass is 10.0. The molecule has 4 heterocycles. The summed E-state index contributed by atoms with van der Waals surface area (Å²) >= 11 is 0. The van der Waals surface area contributed by atoms with Crippen LogP contribution < -0.4 is 19.6 Å². The van der Waals surface area contributed by atoms with Crippen LogP contribution in [0.2, 0.25) is 0 Å². The lowest BCUT2D eigenvalue weighted by Crippen LogP contribution is -2.24. The second-order valence-corrected chi connectivity index (χ2v) is 16.6. The smallest absolute Gasteiger partial charge is 0.113 e. The molecule has 0 saturated carbocycles. The van der Waals surface area contributed by atoms with Crippen molar-refractivity contribution in [2.45, 2.75) is 0 Å². The van der Waals surface area contributed by atoms with Crippen LogP contribution in [0.15, 0.2) is 243 Å². The summed E-state index contributed by atoms with van der Waals surface area (Å²) in [4.78, 5) is 9.30. The second-order valence-electron chi connectivity index (χ2n) is 16.6. The molecule has 10 nitrogen and oxygen atoms in total. The largest absolute Gasteiger partial charge is 0.306 e. The Balaban J connectivity index is 0.835.